The molecule has 0 aromatic rings. The smallest absolute Gasteiger partial charge is 0.131 e. The number of hydrogen-bond acceptors (Lipinski definition) is 0. The molecule has 0 fully saturated rings. The summed E-state index contributed by atoms with van der Waals surface area (Å²) in [6.07, 6.45) is 10.7. The Morgan fingerprint density at radius 3 is 2.06 bits per heavy atom. The van der Waals surface area contributed by atoms with Crippen LogP contribution in [0.4, 0.5) is 0 Å². The molecule has 0 rings (SSSR count). The van der Waals surface area contributed by atoms with E-state index in [4.69, 9.17) is 6.42 Å². The van der Waals surface area contributed by atoms with Gasteiger partial charge in [0, 0.05) is 12.8 Å². The highest BCUT2D eigenvalue weighted by Crippen LogP contribution is 2.35. The lowest BCUT2D eigenvalue weighted by Gasteiger charge is -2.31. The summed E-state index contributed by atoms with van der Waals surface area (Å²) in [7, 11) is -1.37. The highest BCUT2D eigenvalue weighted by Gasteiger charge is 2.33. The lowest BCUT2D eigenvalue weighted by Crippen LogP contribution is -2.35. The number of unbranched alkanes of at least 4 members (excludes halogenated alkanes) is 4. The van der Waals surface area contributed by atoms with Gasteiger partial charge in [-0.25, -0.2) is 0 Å². The molecule has 0 radical (unpaired) electrons. The van der Waals surface area contributed by atoms with Gasteiger partial charge >= 0.3 is 0 Å². The molecule has 0 saturated carbocycles. The molecule has 0 unspecified atom stereocenters. The van der Waals surface area contributed by atoms with Crippen molar-refractivity contribution in [3.05, 3.63) is 0 Å². The zero-order valence-electron chi connectivity index (χ0n) is 11.6. The van der Waals surface area contributed by atoms with E-state index in [0.29, 0.717) is 5.04 Å². The van der Waals surface area contributed by atoms with E-state index in [1.54, 1.807) is 0 Å². The molecule has 0 N–H and O–H groups in total. The van der Waals surface area contributed by atoms with E-state index < -0.39 is 8.07 Å². The van der Waals surface area contributed by atoms with Gasteiger partial charge < -0.3 is 0 Å². The minimum Gasteiger partial charge on any atom is -0.131 e. The first-order chi connectivity index (χ1) is 7.31. The zero-order chi connectivity index (χ0) is 12.7. The fraction of sp³-hybridized carbons (Fsp3) is 0.733. The van der Waals surface area contributed by atoms with Crippen molar-refractivity contribution < 1.29 is 0 Å². The Kier molecular flexibility index (Phi) is 6.54. The number of rotatable bonds is 4. The highest BCUT2D eigenvalue weighted by molar-refractivity contribution is 6.87. The van der Waals surface area contributed by atoms with E-state index in [1.807, 2.05) is 0 Å². The monoisotopic (exact) mass is 234 g/mol. The number of terminal acetylenes is 1. The maximum absolute atomic E-state index is 5.20. The minimum absolute atomic E-state index is 0.378. The molecule has 0 bridgehead atoms. The molecule has 0 heterocycles. The SMILES string of the molecule is C#CCCCCCC#C[Si](C)(C)C(C)(C)C. The third-order valence-electron chi connectivity index (χ3n) is 3.40. The lowest BCUT2D eigenvalue weighted by molar-refractivity contribution is 0.708. The molecule has 0 saturated heterocycles. The van der Waals surface area contributed by atoms with Crippen LogP contribution in [0.1, 0.15) is 52.9 Å². The van der Waals surface area contributed by atoms with E-state index in [2.05, 4.69) is 51.2 Å². The van der Waals surface area contributed by atoms with Crippen molar-refractivity contribution in [1.82, 2.24) is 0 Å². The highest BCUT2D eigenvalue weighted by atomic mass is 28.3. The standard InChI is InChI=1S/C15H26Si/c1-7-8-9-10-11-12-13-14-16(5,6)15(2,3)4/h1H,8-12H2,2-6H3. The van der Waals surface area contributed by atoms with E-state index in [-0.39, 0.29) is 0 Å². The van der Waals surface area contributed by atoms with Crippen LogP contribution in [0.15, 0.2) is 0 Å². The first kappa shape index (κ1) is 15.3. The minimum atomic E-state index is -1.37. The van der Waals surface area contributed by atoms with Crippen LogP contribution in [0.2, 0.25) is 18.1 Å². The van der Waals surface area contributed by atoms with E-state index in [9.17, 15) is 0 Å². The molecule has 0 amide bonds. The molecule has 1 heteroatoms. The van der Waals surface area contributed by atoms with Crippen molar-refractivity contribution in [1.29, 1.82) is 0 Å². The summed E-state index contributed by atoms with van der Waals surface area (Å²) in [5, 5.41) is 0.378. The van der Waals surface area contributed by atoms with Gasteiger partial charge in [0.05, 0.1) is 0 Å². The number of hydrogen-bond donors (Lipinski definition) is 0. The fourth-order valence-corrected chi connectivity index (χ4v) is 2.03. The van der Waals surface area contributed by atoms with Crippen LogP contribution < -0.4 is 0 Å². The first-order valence-electron chi connectivity index (χ1n) is 6.25. The van der Waals surface area contributed by atoms with Gasteiger partial charge in [0.25, 0.3) is 0 Å². The van der Waals surface area contributed by atoms with Gasteiger partial charge in [0.15, 0.2) is 0 Å². The van der Waals surface area contributed by atoms with Gasteiger partial charge in [-0.05, 0) is 17.9 Å². The van der Waals surface area contributed by atoms with Crippen LogP contribution in [0.25, 0.3) is 0 Å². The normalized spacial score (nSPS) is 11.5. The Morgan fingerprint density at radius 2 is 1.56 bits per heavy atom. The Bertz CT molecular complexity index is 288. The van der Waals surface area contributed by atoms with Gasteiger partial charge in [-0.2, -0.15) is 0 Å². The molecular formula is C15H26Si. The van der Waals surface area contributed by atoms with Crippen molar-refractivity contribution in [2.75, 3.05) is 0 Å². The molecule has 0 aliphatic rings. The maximum Gasteiger partial charge on any atom is 0.137 e. The van der Waals surface area contributed by atoms with Gasteiger partial charge in [0.1, 0.15) is 8.07 Å². The summed E-state index contributed by atoms with van der Waals surface area (Å²) in [5.74, 6) is 6.04. The van der Waals surface area contributed by atoms with Crippen molar-refractivity contribution in [2.24, 2.45) is 0 Å². The summed E-state index contributed by atoms with van der Waals surface area (Å²) < 4.78 is 0. The molecular weight excluding hydrogens is 208 g/mol. The molecule has 0 aromatic heterocycles. The van der Waals surface area contributed by atoms with Gasteiger partial charge in [-0.15, -0.1) is 23.8 Å². The van der Waals surface area contributed by atoms with Crippen molar-refractivity contribution in [3.63, 3.8) is 0 Å². The largest absolute Gasteiger partial charge is 0.137 e. The van der Waals surface area contributed by atoms with E-state index >= 15 is 0 Å². The van der Waals surface area contributed by atoms with Crippen molar-refractivity contribution in [2.45, 2.75) is 71.0 Å². The second-order valence-corrected chi connectivity index (χ2v) is 10.9. The Hall–Kier alpha value is -0.663. The molecule has 90 valence electrons. The average molecular weight is 234 g/mol. The predicted octanol–water partition coefficient (Wildman–Crippen LogP) is 4.62. The average Bonchev–Trinajstić information content (AvgIpc) is 2.14. The van der Waals surface area contributed by atoms with Crippen LogP contribution in [-0.4, -0.2) is 8.07 Å². The molecule has 0 atom stereocenters. The van der Waals surface area contributed by atoms with Crippen LogP contribution in [0.5, 0.6) is 0 Å². The van der Waals surface area contributed by atoms with Crippen LogP contribution in [-0.2, 0) is 0 Å². The predicted molar refractivity (Wildman–Crippen MR) is 76.9 cm³/mol. The Balaban J connectivity index is 3.90. The van der Waals surface area contributed by atoms with Crippen molar-refractivity contribution >= 4 is 8.07 Å². The van der Waals surface area contributed by atoms with Gasteiger partial charge in [0.2, 0.25) is 0 Å². The zero-order valence-corrected chi connectivity index (χ0v) is 12.6. The molecule has 0 aliphatic heterocycles. The van der Waals surface area contributed by atoms with Crippen molar-refractivity contribution in [3.8, 4) is 23.8 Å². The van der Waals surface area contributed by atoms with Crippen LogP contribution in [0.3, 0.4) is 0 Å². The quantitative estimate of drug-likeness (QED) is 0.378. The maximum atomic E-state index is 5.20. The lowest BCUT2D eigenvalue weighted by atomic mass is 10.1. The molecule has 16 heavy (non-hydrogen) atoms. The Morgan fingerprint density at radius 1 is 1.00 bits per heavy atom. The molecule has 0 aliphatic carbocycles. The summed E-state index contributed by atoms with van der Waals surface area (Å²) in [5.41, 5.74) is 3.54. The first-order valence-corrected chi connectivity index (χ1v) is 9.25. The molecule has 0 nitrogen and oxygen atoms in total. The molecule has 0 aromatic carbocycles. The summed E-state index contributed by atoms with van der Waals surface area (Å²) in [4.78, 5) is 0. The summed E-state index contributed by atoms with van der Waals surface area (Å²) >= 11 is 0. The third-order valence-corrected chi connectivity index (χ3v) is 7.95. The second kappa shape index (κ2) is 6.82. The van der Waals surface area contributed by atoms with E-state index in [1.165, 1.54) is 12.8 Å². The second-order valence-electron chi connectivity index (χ2n) is 5.94. The molecule has 0 spiro atoms. The summed E-state index contributed by atoms with van der Waals surface area (Å²) in [6.45, 7) is 11.6. The van der Waals surface area contributed by atoms with Gasteiger partial charge in [-0.1, -0.05) is 40.3 Å². The van der Waals surface area contributed by atoms with Crippen LogP contribution in [0, 0.1) is 23.8 Å². The fourth-order valence-electron chi connectivity index (χ4n) is 1.09. The van der Waals surface area contributed by atoms with Gasteiger partial charge in [-0.3, -0.25) is 0 Å². The van der Waals surface area contributed by atoms with Crippen LogP contribution >= 0.6 is 0 Å². The Labute approximate surface area is 103 Å². The third kappa shape index (κ3) is 6.04. The summed E-state index contributed by atoms with van der Waals surface area (Å²) in [6, 6.07) is 0. The van der Waals surface area contributed by atoms with E-state index in [0.717, 1.165) is 19.3 Å². The topological polar surface area (TPSA) is 0 Å².